The first-order chi connectivity index (χ1) is 10.6. The molecule has 1 aromatic carbocycles. The highest BCUT2D eigenvalue weighted by Crippen LogP contribution is 2.25. The summed E-state index contributed by atoms with van der Waals surface area (Å²) < 4.78 is 42.0. The van der Waals surface area contributed by atoms with Gasteiger partial charge in [-0.1, -0.05) is 0 Å². The summed E-state index contributed by atoms with van der Waals surface area (Å²) in [6, 6.07) is 5.95. The van der Waals surface area contributed by atoms with Gasteiger partial charge < -0.3 is 9.47 Å². The molecular formula is C16H15F3N2O. The van der Waals surface area contributed by atoms with E-state index in [0.717, 1.165) is 25.0 Å². The van der Waals surface area contributed by atoms with Crippen molar-refractivity contribution in [3.8, 4) is 0 Å². The summed E-state index contributed by atoms with van der Waals surface area (Å²) in [6.07, 6.45) is 5.42. The van der Waals surface area contributed by atoms with Gasteiger partial charge in [0.2, 0.25) is 0 Å². The second-order valence-electron chi connectivity index (χ2n) is 5.38. The van der Waals surface area contributed by atoms with Crippen molar-refractivity contribution in [2.24, 2.45) is 0 Å². The molecule has 22 heavy (non-hydrogen) atoms. The molecule has 6 heteroatoms. The molecule has 0 aliphatic carbocycles. The van der Waals surface area contributed by atoms with Crippen LogP contribution in [-0.2, 0) is 0 Å². The number of piperidine rings is 1. The third-order valence-corrected chi connectivity index (χ3v) is 4.07. The van der Waals surface area contributed by atoms with Gasteiger partial charge in [-0.2, -0.15) is 0 Å². The molecular weight excluding hydrogens is 293 g/mol. The summed E-state index contributed by atoms with van der Waals surface area (Å²) in [5.41, 5.74) is -0.418. The van der Waals surface area contributed by atoms with E-state index in [1.54, 1.807) is 0 Å². The predicted octanol–water partition coefficient (Wildman–Crippen LogP) is 3.38. The van der Waals surface area contributed by atoms with E-state index in [1.807, 2.05) is 24.5 Å². The first kappa shape index (κ1) is 14.7. The topological polar surface area (TPSA) is 25.2 Å². The minimum atomic E-state index is -1.60. The number of rotatable bonds is 2. The van der Waals surface area contributed by atoms with Crippen molar-refractivity contribution >= 4 is 5.91 Å². The van der Waals surface area contributed by atoms with Crippen molar-refractivity contribution in [3.05, 3.63) is 59.7 Å². The van der Waals surface area contributed by atoms with Crippen LogP contribution in [0.25, 0.3) is 0 Å². The summed E-state index contributed by atoms with van der Waals surface area (Å²) >= 11 is 0. The molecule has 1 amide bonds. The molecule has 0 unspecified atom stereocenters. The summed E-state index contributed by atoms with van der Waals surface area (Å²) in [5, 5.41) is 0. The smallest absolute Gasteiger partial charge is 0.256 e. The SMILES string of the molecule is O=C(c1ccc(F)c(F)c1F)N1CCC(n2cccc2)CC1. The Morgan fingerprint density at radius 1 is 1.00 bits per heavy atom. The molecule has 1 fully saturated rings. The number of aromatic nitrogens is 1. The van der Waals surface area contributed by atoms with Gasteiger partial charge >= 0.3 is 0 Å². The zero-order chi connectivity index (χ0) is 15.7. The van der Waals surface area contributed by atoms with Crippen LogP contribution in [-0.4, -0.2) is 28.5 Å². The van der Waals surface area contributed by atoms with Crippen molar-refractivity contribution in [2.45, 2.75) is 18.9 Å². The molecule has 116 valence electrons. The number of carbonyl (C=O) groups excluding carboxylic acids is 1. The fourth-order valence-electron chi connectivity index (χ4n) is 2.82. The highest BCUT2D eigenvalue weighted by atomic mass is 19.2. The van der Waals surface area contributed by atoms with E-state index >= 15 is 0 Å². The third kappa shape index (κ3) is 2.61. The summed E-state index contributed by atoms with van der Waals surface area (Å²) in [5.74, 6) is -4.91. The van der Waals surface area contributed by atoms with Crippen LogP contribution >= 0.6 is 0 Å². The van der Waals surface area contributed by atoms with Crippen molar-refractivity contribution in [1.29, 1.82) is 0 Å². The van der Waals surface area contributed by atoms with Crippen LogP contribution in [0.4, 0.5) is 13.2 Å². The molecule has 0 bridgehead atoms. The lowest BCUT2D eigenvalue weighted by atomic mass is 10.0. The van der Waals surface area contributed by atoms with Gasteiger partial charge in [-0.15, -0.1) is 0 Å². The van der Waals surface area contributed by atoms with Gasteiger partial charge in [0.25, 0.3) is 5.91 Å². The number of halogens is 3. The summed E-state index contributed by atoms with van der Waals surface area (Å²) in [6.45, 7) is 0.917. The van der Waals surface area contributed by atoms with Crippen molar-refractivity contribution in [3.63, 3.8) is 0 Å². The van der Waals surface area contributed by atoms with Crippen LogP contribution in [0.2, 0.25) is 0 Å². The summed E-state index contributed by atoms with van der Waals surface area (Å²) in [7, 11) is 0. The highest BCUT2D eigenvalue weighted by molar-refractivity contribution is 5.94. The lowest BCUT2D eigenvalue weighted by molar-refractivity contribution is 0.0688. The van der Waals surface area contributed by atoms with Crippen LogP contribution in [0, 0.1) is 17.5 Å². The predicted molar refractivity (Wildman–Crippen MR) is 74.9 cm³/mol. The van der Waals surface area contributed by atoms with Crippen LogP contribution in [0.15, 0.2) is 36.7 Å². The first-order valence-corrected chi connectivity index (χ1v) is 7.13. The number of hydrogen-bond donors (Lipinski definition) is 0. The molecule has 0 atom stereocenters. The number of likely N-dealkylation sites (tertiary alicyclic amines) is 1. The fourth-order valence-corrected chi connectivity index (χ4v) is 2.82. The third-order valence-electron chi connectivity index (χ3n) is 4.07. The second kappa shape index (κ2) is 5.87. The monoisotopic (exact) mass is 308 g/mol. The van der Waals surface area contributed by atoms with E-state index in [1.165, 1.54) is 4.90 Å². The van der Waals surface area contributed by atoms with Crippen LogP contribution in [0.5, 0.6) is 0 Å². The van der Waals surface area contributed by atoms with E-state index < -0.39 is 28.9 Å². The van der Waals surface area contributed by atoms with Gasteiger partial charge in [-0.25, -0.2) is 13.2 Å². The number of carbonyl (C=O) groups is 1. The van der Waals surface area contributed by atoms with Gasteiger partial charge in [0.1, 0.15) is 0 Å². The molecule has 3 rings (SSSR count). The van der Waals surface area contributed by atoms with Crippen molar-refractivity contribution < 1.29 is 18.0 Å². The summed E-state index contributed by atoms with van der Waals surface area (Å²) in [4.78, 5) is 13.7. The Balaban J connectivity index is 1.71. The Kier molecular flexibility index (Phi) is 3.92. The zero-order valence-corrected chi connectivity index (χ0v) is 11.8. The number of benzene rings is 1. The Bertz CT molecular complexity index is 677. The molecule has 0 spiro atoms. The average Bonchev–Trinajstić information content (AvgIpc) is 3.07. The number of amides is 1. The van der Waals surface area contributed by atoms with E-state index in [0.29, 0.717) is 19.1 Å². The Morgan fingerprint density at radius 2 is 1.64 bits per heavy atom. The molecule has 1 aromatic heterocycles. The van der Waals surface area contributed by atoms with Crippen molar-refractivity contribution in [2.75, 3.05) is 13.1 Å². The molecule has 1 aliphatic rings. The molecule has 0 radical (unpaired) electrons. The number of hydrogen-bond acceptors (Lipinski definition) is 1. The minimum absolute atomic E-state index is 0.300. The van der Waals surface area contributed by atoms with Crippen LogP contribution in [0.1, 0.15) is 29.2 Å². The van der Waals surface area contributed by atoms with Gasteiger partial charge in [-0.05, 0) is 37.1 Å². The largest absolute Gasteiger partial charge is 0.351 e. The Morgan fingerprint density at radius 3 is 2.27 bits per heavy atom. The molecule has 2 aromatic rings. The zero-order valence-electron chi connectivity index (χ0n) is 11.8. The first-order valence-electron chi connectivity index (χ1n) is 7.13. The van der Waals surface area contributed by atoms with E-state index in [4.69, 9.17) is 0 Å². The van der Waals surface area contributed by atoms with Crippen molar-refractivity contribution in [1.82, 2.24) is 9.47 Å². The van der Waals surface area contributed by atoms with E-state index in [-0.39, 0.29) is 0 Å². The Labute approximate surface area is 126 Å². The number of nitrogens with zero attached hydrogens (tertiary/aromatic N) is 2. The minimum Gasteiger partial charge on any atom is -0.351 e. The molecule has 1 saturated heterocycles. The lowest BCUT2D eigenvalue weighted by Gasteiger charge is -2.33. The van der Waals surface area contributed by atoms with E-state index in [9.17, 15) is 18.0 Å². The molecule has 3 nitrogen and oxygen atoms in total. The quantitative estimate of drug-likeness (QED) is 0.781. The fraction of sp³-hybridized carbons (Fsp3) is 0.312. The molecule has 2 heterocycles. The highest BCUT2D eigenvalue weighted by Gasteiger charge is 2.27. The molecule has 1 aliphatic heterocycles. The van der Waals surface area contributed by atoms with Crippen LogP contribution in [0.3, 0.4) is 0 Å². The maximum atomic E-state index is 13.7. The standard InChI is InChI=1S/C16H15F3N2O/c17-13-4-3-12(14(18)15(13)19)16(22)21-9-5-11(6-10-21)20-7-1-2-8-20/h1-4,7-8,11H,5-6,9-10H2. The van der Waals surface area contributed by atoms with Gasteiger partial charge in [0.05, 0.1) is 5.56 Å². The second-order valence-corrected chi connectivity index (χ2v) is 5.38. The van der Waals surface area contributed by atoms with Crippen LogP contribution < -0.4 is 0 Å². The average molecular weight is 308 g/mol. The van der Waals surface area contributed by atoms with Gasteiger partial charge in [-0.3, -0.25) is 4.79 Å². The molecule has 0 saturated carbocycles. The van der Waals surface area contributed by atoms with Gasteiger partial charge in [0.15, 0.2) is 17.5 Å². The maximum Gasteiger partial charge on any atom is 0.256 e. The maximum absolute atomic E-state index is 13.7. The van der Waals surface area contributed by atoms with E-state index in [2.05, 4.69) is 4.57 Å². The molecule has 0 N–H and O–H groups in total. The normalized spacial score (nSPS) is 16.0. The Hall–Kier alpha value is -2.24. The lowest BCUT2D eigenvalue weighted by Crippen LogP contribution is -2.39. The van der Waals surface area contributed by atoms with Gasteiger partial charge in [0, 0.05) is 31.5 Å².